The molecule has 1 rings (SSSR count). The standard InChI is InChI=1S/C9H17N3/c1-2-3-4-5-6-7-9-8-10-12-11-9/h8H,2-7H2,1H3,(H,10,11,12). The maximum Gasteiger partial charge on any atom is 0.0824 e. The van der Waals surface area contributed by atoms with Crippen LogP contribution in [0.3, 0.4) is 0 Å². The van der Waals surface area contributed by atoms with Crippen LogP contribution in [0.25, 0.3) is 0 Å². The number of nitrogens with one attached hydrogen (secondary N) is 1. The Kier molecular flexibility index (Phi) is 4.42. The number of aromatic nitrogens is 3. The lowest BCUT2D eigenvalue weighted by Crippen LogP contribution is -1.86. The zero-order chi connectivity index (χ0) is 8.65. The van der Waals surface area contributed by atoms with Gasteiger partial charge in [-0.15, -0.1) is 5.10 Å². The topological polar surface area (TPSA) is 41.6 Å². The van der Waals surface area contributed by atoms with Crippen LogP contribution in [0.15, 0.2) is 6.20 Å². The predicted octanol–water partition coefficient (Wildman–Crippen LogP) is 2.32. The molecule has 1 N–H and O–H groups in total. The highest BCUT2D eigenvalue weighted by molar-refractivity contribution is 4.89. The van der Waals surface area contributed by atoms with Crippen molar-refractivity contribution in [3.63, 3.8) is 0 Å². The van der Waals surface area contributed by atoms with E-state index in [9.17, 15) is 0 Å². The Morgan fingerprint density at radius 2 is 2.08 bits per heavy atom. The molecule has 0 aliphatic heterocycles. The van der Waals surface area contributed by atoms with E-state index in [0.29, 0.717) is 0 Å². The molecule has 0 saturated heterocycles. The van der Waals surface area contributed by atoms with Gasteiger partial charge in [0, 0.05) is 6.20 Å². The zero-order valence-corrected chi connectivity index (χ0v) is 7.71. The van der Waals surface area contributed by atoms with Gasteiger partial charge in [0.1, 0.15) is 0 Å². The van der Waals surface area contributed by atoms with Crippen LogP contribution in [0, 0.1) is 0 Å². The molecule has 0 fully saturated rings. The Balaban J connectivity index is 1.96. The van der Waals surface area contributed by atoms with Crippen LogP contribution in [-0.4, -0.2) is 15.4 Å². The maximum absolute atomic E-state index is 3.93. The first-order valence-corrected chi connectivity index (χ1v) is 4.79. The van der Waals surface area contributed by atoms with Gasteiger partial charge >= 0.3 is 0 Å². The second kappa shape index (κ2) is 5.75. The first kappa shape index (κ1) is 9.23. The molecule has 1 aromatic heterocycles. The van der Waals surface area contributed by atoms with Crippen molar-refractivity contribution in [3.8, 4) is 0 Å². The molecule has 3 nitrogen and oxygen atoms in total. The number of rotatable bonds is 6. The van der Waals surface area contributed by atoms with E-state index < -0.39 is 0 Å². The Morgan fingerprint density at radius 3 is 2.75 bits per heavy atom. The lowest BCUT2D eigenvalue weighted by Gasteiger charge is -1.96. The lowest BCUT2D eigenvalue weighted by atomic mass is 10.1. The average molecular weight is 167 g/mol. The van der Waals surface area contributed by atoms with Crippen molar-refractivity contribution in [3.05, 3.63) is 11.9 Å². The van der Waals surface area contributed by atoms with E-state index in [0.717, 1.165) is 12.1 Å². The molecule has 0 amide bonds. The van der Waals surface area contributed by atoms with Crippen LogP contribution in [0.1, 0.15) is 44.7 Å². The highest BCUT2D eigenvalue weighted by atomic mass is 15.3. The molecule has 0 spiro atoms. The van der Waals surface area contributed by atoms with Crippen LogP contribution >= 0.6 is 0 Å². The van der Waals surface area contributed by atoms with Gasteiger partial charge in [-0.25, -0.2) is 0 Å². The van der Waals surface area contributed by atoms with Gasteiger partial charge < -0.3 is 0 Å². The SMILES string of the molecule is CCCCCCCc1c[nH]nn1. The summed E-state index contributed by atoms with van der Waals surface area (Å²) < 4.78 is 0. The third kappa shape index (κ3) is 3.51. The monoisotopic (exact) mass is 167 g/mol. The summed E-state index contributed by atoms with van der Waals surface area (Å²) in [6.07, 6.45) is 9.53. The van der Waals surface area contributed by atoms with Crippen molar-refractivity contribution >= 4 is 0 Å². The van der Waals surface area contributed by atoms with Crippen LogP contribution in [0.2, 0.25) is 0 Å². The summed E-state index contributed by atoms with van der Waals surface area (Å²) in [6.45, 7) is 2.23. The van der Waals surface area contributed by atoms with E-state index in [1.807, 2.05) is 6.20 Å². The number of hydrogen-bond donors (Lipinski definition) is 1. The summed E-state index contributed by atoms with van der Waals surface area (Å²) in [5, 5.41) is 10.3. The van der Waals surface area contributed by atoms with Gasteiger partial charge in [-0.3, -0.25) is 5.10 Å². The number of aryl methyl sites for hydroxylation is 1. The molecule has 1 aromatic rings. The maximum atomic E-state index is 3.93. The van der Waals surface area contributed by atoms with Crippen LogP contribution < -0.4 is 0 Å². The quantitative estimate of drug-likeness (QED) is 0.660. The number of nitrogens with zero attached hydrogens (tertiary/aromatic N) is 2. The highest BCUT2D eigenvalue weighted by Crippen LogP contribution is 2.05. The summed E-state index contributed by atoms with van der Waals surface area (Å²) in [5.41, 5.74) is 1.09. The molecule has 0 aromatic carbocycles. The number of aromatic amines is 1. The number of hydrogen-bond acceptors (Lipinski definition) is 2. The molecule has 0 aliphatic carbocycles. The Bertz CT molecular complexity index is 182. The van der Waals surface area contributed by atoms with Crippen molar-refractivity contribution in [1.29, 1.82) is 0 Å². The largest absolute Gasteiger partial charge is 0.265 e. The molecule has 1 heterocycles. The fraction of sp³-hybridized carbons (Fsp3) is 0.778. The third-order valence-corrected chi connectivity index (χ3v) is 2.00. The van der Waals surface area contributed by atoms with Crippen LogP contribution in [0.5, 0.6) is 0 Å². The van der Waals surface area contributed by atoms with Gasteiger partial charge in [0.05, 0.1) is 5.69 Å². The molecule has 0 saturated carbocycles. The van der Waals surface area contributed by atoms with E-state index in [4.69, 9.17) is 0 Å². The molecule has 12 heavy (non-hydrogen) atoms. The normalized spacial score (nSPS) is 10.4. The summed E-state index contributed by atoms with van der Waals surface area (Å²) in [7, 11) is 0. The fourth-order valence-electron chi connectivity index (χ4n) is 1.26. The Hall–Kier alpha value is -0.860. The van der Waals surface area contributed by atoms with Crippen molar-refractivity contribution in [1.82, 2.24) is 15.4 Å². The summed E-state index contributed by atoms with van der Waals surface area (Å²) >= 11 is 0. The molecule has 0 unspecified atom stereocenters. The van der Waals surface area contributed by atoms with Gasteiger partial charge in [0.15, 0.2) is 0 Å². The van der Waals surface area contributed by atoms with Crippen LogP contribution in [-0.2, 0) is 6.42 Å². The van der Waals surface area contributed by atoms with E-state index in [1.165, 1.54) is 32.1 Å². The van der Waals surface area contributed by atoms with Crippen LogP contribution in [0.4, 0.5) is 0 Å². The van der Waals surface area contributed by atoms with Crippen molar-refractivity contribution < 1.29 is 0 Å². The Labute approximate surface area is 73.6 Å². The Morgan fingerprint density at radius 1 is 1.25 bits per heavy atom. The first-order chi connectivity index (χ1) is 5.93. The molecule has 3 heteroatoms. The van der Waals surface area contributed by atoms with Crippen molar-refractivity contribution in [2.45, 2.75) is 45.4 Å². The molecule has 0 atom stereocenters. The van der Waals surface area contributed by atoms with E-state index in [2.05, 4.69) is 22.3 Å². The summed E-state index contributed by atoms with van der Waals surface area (Å²) in [6, 6.07) is 0. The second-order valence-electron chi connectivity index (χ2n) is 3.13. The van der Waals surface area contributed by atoms with Gasteiger partial charge in [-0.1, -0.05) is 37.8 Å². The van der Waals surface area contributed by atoms with Crippen molar-refractivity contribution in [2.24, 2.45) is 0 Å². The van der Waals surface area contributed by atoms with Gasteiger partial charge in [0.2, 0.25) is 0 Å². The minimum Gasteiger partial charge on any atom is -0.265 e. The number of unbranched alkanes of at least 4 members (excludes halogenated alkanes) is 4. The first-order valence-electron chi connectivity index (χ1n) is 4.79. The minimum atomic E-state index is 1.07. The lowest BCUT2D eigenvalue weighted by molar-refractivity contribution is 0.627. The minimum absolute atomic E-state index is 1.07. The summed E-state index contributed by atoms with van der Waals surface area (Å²) in [5.74, 6) is 0. The highest BCUT2D eigenvalue weighted by Gasteiger charge is 1.94. The second-order valence-corrected chi connectivity index (χ2v) is 3.13. The van der Waals surface area contributed by atoms with E-state index >= 15 is 0 Å². The molecular weight excluding hydrogens is 150 g/mol. The smallest absolute Gasteiger partial charge is 0.0824 e. The average Bonchev–Trinajstić information content (AvgIpc) is 2.57. The van der Waals surface area contributed by atoms with Crippen molar-refractivity contribution in [2.75, 3.05) is 0 Å². The van der Waals surface area contributed by atoms with Gasteiger partial charge in [-0.05, 0) is 12.8 Å². The fourth-order valence-corrected chi connectivity index (χ4v) is 1.26. The molecular formula is C9H17N3. The predicted molar refractivity (Wildman–Crippen MR) is 48.8 cm³/mol. The van der Waals surface area contributed by atoms with Gasteiger partial charge in [0.25, 0.3) is 0 Å². The molecule has 0 aliphatic rings. The van der Waals surface area contributed by atoms with Gasteiger partial charge in [-0.2, -0.15) is 0 Å². The summed E-state index contributed by atoms with van der Waals surface area (Å²) in [4.78, 5) is 0. The molecule has 0 bridgehead atoms. The molecule has 68 valence electrons. The zero-order valence-electron chi connectivity index (χ0n) is 7.71. The van der Waals surface area contributed by atoms with E-state index in [-0.39, 0.29) is 0 Å². The number of H-pyrrole nitrogens is 1. The van der Waals surface area contributed by atoms with E-state index in [1.54, 1.807) is 0 Å². The third-order valence-electron chi connectivity index (χ3n) is 2.00. The molecule has 0 radical (unpaired) electrons.